The lowest BCUT2D eigenvalue weighted by atomic mass is 9.79. The molecule has 2 aliphatic heterocycles. The van der Waals surface area contributed by atoms with Crippen LogP contribution in [0, 0.1) is 11.8 Å². The van der Waals surface area contributed by atoms with Crippen LogP contribution in [0.4, 0.5) is 0 Å². The van der Waals surface area contributed by atoms with Gasteiger partial charge in [-0.2, -0.15) is 0 Å². The third kappa shape index (κ3) is 2.87. The van der Waals surface area contributed by atoms with E-state index in [0.717, 1.165) is 37.9 Å². The Labute approximate surface area is 132 Å². The molecule has 0 amide bonds. The molecule has 0 aliphatic carbocycles. The van der Waals surface area contributed by atoms with Crippen molar-refractivity contribution in [1.29, 1.82) is 0 Å². The van der Waals surface area contributed by atoms with E-state index in [-0.39, 0.29) is 24.5 Å². The van der Waals surface area contributed by atoms with E-state index >= 15 is 0 Å². The van der Waals surface area contributed by atoms with Crippen LogP contribution in [0.3, 0.4) is 0 Å². The zero-order valence-corrected chi connectivity index (χ0v) is 13.5. The summed E-state index contributed by atoms with van der Waals surface area (Å²) in [5.74, 6) is 1.12. The van der Waals surface area contributed by atoms with Gasteiger partial charge in [-0.05, 0) is 54.4 Å². The third-order valence-electron chi connectivity index (χ3n) is 5.23. The average molecular weight is 305 g/mol. The average Bonchev–Trinajstić information content (AvgIpc) is 2.47. The summed E-state index contributed by atoms with van der Waals surface area (Å²) in [6.07, 6.45) is 2.48. The number of rotatable bonds is 3. The molecule has 4 heteroatoms. The van der Waals surface area contributed by atoms with Crippen LogP contribution in [0.1, 0.15) is 49.4 Å². The molecule has 0 bridgehead atoms. The molecule has 3 rings (SSSR count). The quantitative estimate of drug-likeness (QED) is 0.801. The highest BCUT2D eigenvalue weighted by atomic mass is 16.3. The predicted molar refractivity (Wildman–Crippen MR) is 85.6 cm³/mol. The highest BCUT2D eigenvalue weighted by Gasteiger charge is 2.38. The van der Waals surface area contributed by atoms with Crippen molar-refractivity contribution >= 4 is 0 Å². The Morgan fingerprint density at radius 3 is 2.77 bits per heavy atom. The molecule has 1 aromatic rings. The van der Waals surface area contributed by atoms with Crippen molar-refractivity contribution in [3.63, 3.8) is 0 Å². The van der Waals surface area contributed by atoms with E-state index in [1.165, 1.54) is 5.56 Å². The lowest BCUT2D eigenvalue weighted by molar-refractivity contribution is -0.0191. The van der Waals surface area contributed by atoms with E-state index in [0.29, 0.717) is 17.4 Å². The van der Waals surface area contributed by atoms with Crippen LogP contribution >= 0.6 is 0 Å². The molecule has 1 aromatic carbocycles. The Bertz CT molecular complexity index is 543. The summed E-state index contributed by atoms with van der Waals surface area (Å²) in [6.45, 7) is 6.21. The van der Waals surface area contributed by atoms with Gasteiger partial charge in [0.2, 0.25) is 0 Å². The van der Waals surface area contributed by atoms with Gasteiger partial charge in [0.1, 0.15) is 5.75 Å². The van der Waals surface area contributed by atoms with Crippen molar-refractivity contribution in [2.24, 2.45) is 11.8 Å². The first-order valence-electron chi connectivity index (χ1n) is 8.37. The van der Waals surface area contributed by atoms with E-state index in [2.05, 4.69) is 18.7 Å². The van der Waals surface area contributed by atoms with E-state index in [1.54, 1.807) is 6.07 Å². The van der Waals surface area contributed by atoms with Crippen molar-refractivity contribution in [2.75, 3.05) is 13.1 Å². The van der Waals surface area contributed by atoms with Crippen molar-refractivity contribution in [2.45, 2.75) is 51.9 Å². The predicted octanol–water partition coefficient (Wildman–Crippen LogP) is 2.21. The Kier molecular flexibility index (Phi) is 4.44. The molecular weight excluding hydrogens is 278 g/mol. The topological polar surface area (TPSA) is 63.9 Å². The second kappa shape index (κ2) is 6.19. The standard InChI is InChI=1S/C18H27NO3/c1-11(2)5-13-9-19-4-3-12-6-14(10-20)17(21)7-15(12)16(19)8-18(13)22/h6-7,11,13,16,18,20-22H,3-5,8-10H2,1-2H3/t13?,16-,18?/m1/s1. The smallest absolute Gasteiger partial charge is 0.121 e. The van der Waals surface area contributed by atoms with Crippen LogP contribution in [-0.2, 0) is 13.0 Å². The maximum absolute atomic E-state index is 10.5. The lowest BCUT2D eigenvalue weighted by Gasteiger charge is -2.46. The van der Waals surface area contributed by atoms with Crippen LogP contribution < -0.4 is 0 Å². The van der Waals surface area contributed by atoms with Crippen LogP contribution in [0.15, 0.2) is 12.1 Å². The summed E-state index contributed by atoms with van der Waals surface area (Å²) < 4.78 is 0. The van der Waals surface area contributed by atoms with Gasteiger partial charge in [0.05, 0.1) is 12.7 Å². The maximum Gasteiger partial charge on any atom is 0.121 e. The van der Waals surface area contributed by atoms with Crippen molar-refractivity contribution in [3.8, 4) is 5.75 Å². The zero-order chi connectivity index (χ0) is 15.9. The monoisotopic (exact) mass is 305 g/mol. The minimum atomic E-state index is -0.269. The fourth-order valence-corrected chi connectivity index (χ4v) is 4.15. The Hall–Kier alpha value is -1.10. The lowest BCUT2D eigenvalue weighted by Crippen LogP contribution is -2.48. The molecule has 0 aromatic heterocycles. The number of hydrogen-bond acceptors (Lipinski definition) is 4. The van der Waals surface area contributed by atoms with Crippen LogP contribution in [0.2, 0.25) is 0 Å². The summed E-state index contributed by atoms with van der Waals surface area (Å²) in [5, 5.41) is 29.9. The Balaban J connectivity index is 1.85. The minimum Gasteiger partial charge on any atom is -0.508 e. The summed E-state index contributed by atoms with van der Waals surface area (Å²) in [5.41, 5.74) is 2.93. The molecular formula is C18H27NO3. The first kappa shape index (κ1) is 15.8. The second-order valence-electron chi connectivity index (χ2n) is 7.29. The number of piperidine rings is 1. The second-order valence-corrected chi connectivity index (χ2v) is 7.29. The fraction of sp³-hybridized carbons (Fsp3) is 0.667. The summed E-state index contributed by atoms with van der Waals surface area (Å²) in [7, 11) is 0. The maximum atomic E-state index is 10.5. The first-order chi connectivity index (χ1) is 10.5. The number of phenols is 1. The number of nitrogens with zero attached hydrogens (tertiary/aromatic N) is 1. The number of aliphatic hydroxyl groups excluding tert-OH is 2. The number of hydrogen-bond donors (Lipinski definition) is 3. The minimum absolute atomic E-state index is 0.132. The molecule has 4 nitrogen and oxygen atoms in total. The van der Waals surface area contributed by atoms with Crippen LogP contribution in [0.25, 0.3) is 0 Å². The molecule has 2 heterocycles. The molecule has 0 saturated carbocycles. The van der Waals surface area contributed by atoms with Crippen molar-refractivity contribution in [1.82, 2.24) is 4.90 Å². The highest BCUT2D eigenvalue weighted by Crippen LogP contribution is 2.41. The zero-order valence-electron chi connectivity index (χ0n) is 13.5. The van der Waals surface area contributed by atoms with E-state index in [4.69, 9.17) is 0 Å². The SMILES string of the molecule is CC(C)CC1CN2CCc3cc(CO)c(O)cc3[C@H]2CC1O. The van der Waals surface area contributed by atoms with Gasteiger partial charge in [-0.3, -0.25) is 4.90 Å². The normalized spacial score (nSPS) is 28.5. The molecule has 2 unspecified atom stereocenters. The summed E-state index contributed by atoms with van der Waals surface area (Å²) in [4.78, 5) is 2.46. The first-order valence-corrected chi connectivity index (χ1v) is 8.37. The summed E-state index contributed by atoms with van der Waals surface area (Å²) in [6, 6.07) is 3.92. The van der Waals surface area contributed by atoms with Crippen LogP contribution in [-0.4, -0.2) is 39.4 Å². The molecule has 1 fully saturated rings. The molecule has 1 saturated heterocycles. The van der Waals surface area contributed by atoms with Gasteiger partial charge >= 0.3 is 0 Å². The summed E-state index contributed by atoms with van der Waals surface area (Å²) >= 11 is 0. The molecule has 122 valence electrons. The Morgan fingerprint density at radius 2 is 2.09 bits per heavy atom. The Morgan fingerprint density at radius 1 is 1.32 bits per heavy atom. The highest BCUT2D eigenvalue weighted by molar-refractivity contribution is 5.44. The van der Waals surface area contributed by atoms with Gasteiger partial charge in [0.25, 0.3) is 0 Å². The van der Waals surface area contributed by atoms with E-state index < -0.39 is 0 Å². The molecule has 3 N–H and O–H groups in total. The van der Waals surface area contributed by atoms with E-state index in [9.17, 15) is 15.3 Å². The molecule has 0 radical (unpaired) electrons. The van der Waals surface area contributed by atoms with Crippen molar-refractivity contribution < 1.29 is 15.3 Å². The molecule has 2 aliphatic rings. The van der Waals surface area contributed by atoms with Gasteiger partial charge in [-0.25, -0.2) is 0 Å². The van der Waals surface area contributed by atoms with Gasteiger partial charge in [-0.1, -0.05) is 13.8 Å². The van der Waals surface area contributed by atoms with Gasteiger partial charge in [-0.15, -0.1) is 0 Å². The number of aliphatic hydroxyl groups is 2. The largest absolute Gasteiger partial charge is 0.508 e. The van der Waals surface area contributed by atoms with Gasteiger partial charge in [0, 0.05) is 24.7 Å². The fourth-order valence-electron chi connectivity index (χ4n) is 4.15. The van der Waals surface area contributed by atoms with Gasteiger partial charge in [0.15, 0.2) is 0 Å². The van der Waals surface area contributed by atoms with Crippen LogP contribution in [0.5, 0.6) is 5.75 Å². The number of fused-ring (bicyclic) bond motifs is 3. The van der Waals surface area contributed by atoms with Gasteiger partial charge < -0.3 is 15.3 Å². The van der Waals surface area contributed by atoms with E-state index in [1.807, 2.05) is 6.07 Å². The molecule has 3 atom stereocenters. The third-order valence-corrected chi connectivity index (χ3v) is 5.23. The van der Waals surface area contributed by atoms with Crippen molar-refractivity contribution in [3.05, 3.63) is 28.8 Å². The number of aromatic hydroxyl groups is 1. The molecule has 0 spiro atoms. The molecule has 22 heavy (non-hydrogen) atoms. The number of benzene rings is 1.